The van der Waals surface area contributed by atoms with Crippen molar-refractivity contribution in [1.29, 1.82) is 0 Å². The molecule has 3 rings (SSSR count). The van der Waals surface area contributed by atoms with Gasteiger partial charge in [0.15, 0.2) is 0 Å². The van der Waals surface area contributed by atoms with Gasteiger partial charge in [0.05, 0.1) is 11.6 Å². The van der Waals surface area contributed by atoms with Crippen molar-refractivity contribution in [1.82, 2.24) is 9.88 Å². The van der Waals surface area contributed by atoms with E-state index in [1.807, 2.05) is 19.1 Å². The Labute approximate surface area is 107 Å². The molecule has 3 heterocycles. The molecule has 1 aliphatic rings. The van der Waals surface area contributed by atoms with E-state index in [2.05, 4.69) is 16.7 Å². The van der Waals surface area contributed by atoms with Gasteiger partial charge in [-0.05, 0) is 19.5 Å². The third-order valence-electron chi connectivity index (χ3n) is 3.68. The lowest BCUT2D eigenvalue weighted by molar-refractivity contribution is 0.271. The maximum atomic E-state index is 5.50. The molecule has 2 aromatic rings. The molecule has 0 aromatic carbocycles. The number of rotatable bonds is 2. The van der Waals surface area contributed by atoms with Crippen molar-refractivity contribution < 1.29 is 4.42 Å². The number of piperazine rings is 1. The summed E-state index contributed by atoms with van der Waals surface area (Å²) in [6, 6.07) is 4.02. The van der Waals surface area contributed by atoms with Crippen LogP contribution in [0.2, 0.25) is 0 Å². The summed E-state index contributed by atoms with van der Waals surface area (Å²) in [6.45, 7) is 9.70. The highest BCUT2D eigenvalue weighted by molar-refractivity contribution is 5.89. The van der Waals surface area contributed by atoms with Gasteiger partial charge in [0.2, 0.25) is 0 Å². The molecule has 0 amide bonds. The Bertz CT molecular complexity index is 541. The summed E-state index contributed by atoms with van der Waals surface area (Å²) >= 11 is 0. The van der Waals surface area contributed by atoms with Crippen LogP contribution in [0.3, 0.4) is 0 Å². The van der Waals surface area contributed by atoms with Crippen LogP contribution in [0.5, 0.6) is 0 Å². The normalized spacial score (nSPS) is 17.6. The number of nitrogens with zero attached hydrogens (tertiary/aromatic N) is 3. The van der Waals surface area contributed by atoms with Gasteiger partial charge in [-0.2, -0.15) is 0 Å². The van der Waals surface area contributed by atoms with Crippen LogP contribution in [0.4, 0.5) is 5.82 Å². The smallest absolute Gasteiger partial charge is 0.140 e. The van der Waals surface area contributed by atoms with Crippen molar-refractivity contribution in [3.63, 3.8) is 0 Å². The SMILES string of the molecule is CCN1CCN(c2nc(C)cc3occc23)CC1. The Hall–Kier alpha value is -1.55. The number of hydrogen-bond donors (Lipinski definition) is 0. The van der Waals surface area contributed by atoms with E-state index in [1.165, 1.54) is 0 Å². The van der Waals surface area contributed by atoms with Crippen LogP contribution in [0.15, 0.2) is 22.8 Å². The van der Waals surface area contributed by atoms with Gasteiger partial charge < -0.3 is 14.2 Å². The largest absolute Gasteiger partial charge is 0.464 e. The van der Waals surface area contributed by atoms with E-state index in [9.17, 15) is 0 Å². The Morgan fingerprint density at radius 1 is 1.28 bits per heavy atom. The van der Waals surface area contributed by atoms with Gasteiger partial charge in [0.25, 0.3) is 0 Å². The predicted octanol–water partition coefficient (Wildman–Crippen LogP) is 2.28. The maximum Gasteiger partial charge on any atom is 0.140 e. The first-order valence-corrected chi connectivity index (χ1v) is 6.60. The summed E-state index contributed by atoms with van der Waals surface area (Å²) in [7, 11) is 0. The molecule has 0 radical (unpaired) electrons. The van der Waals surface area contributed by atoms with Gasteiger partial charge in [0.1, 0.15) is 11.4 Å². The summed E-state index contributed by atoms with van der Waals surface area (Å²) in [6.07, 6.45) is 1.75. The van der Waals surface area contributed by atoms with Crippen molar-refractivity contribution in [3.8, 4) is 0 Å². The van der Waals surface area contributed by atoms with E-state index >= 15 is 0 Å². The molecule has 0 spiro atoms. The minimum Gasteiger partial charge on any atom is -0.464 e. The molecule has 1 saturated heterocycles. The highest BCUT2D eigenvalue weighted by Crippen LogP contribution is 2.27. The van der Waals surface area contributed by atoms with Crippen molar-refractivity contribution in [2.75, 3.05) is 37.6 Å². The number of aromatic nitrogens is 1. The highest BCUT2D eigenvalue weighted by Gasteiger charge is 2.19. The standard InChI is InChI=1S/C14H19N3O/c1-3-16-5-7-17(8-6-16)14-12-4-9-18-13(12)10-11(2)15-14/h4,9-10H,3,5-8H2,1-2H3. The van der Waals surface area contributed by atoms with Crippen LogP contribution in [-0.4, -0.2) is 42.6 Å². The molecule has 1 fully saturated rings. The zero-order valence-corrected chi connectivity index (χ0v) is 11.0. The molecular formula is C14H19N3O. The molecule has 2 aromatic heterocycles. The number of aryl methyl sites for hydroxylation is 1. The average molecular weight is 245 g/mol. The van der Waals surface area contributed by atoms with Crippen LogP contribution in [0, 0.1) is 6.92 Å². The van der Waals surface area contributed by atoms with Gasteiger partial charge in [-0.25, -0.2) is 4.98 Å². The molecule has 0 saturated carbocycles. The summed E-state index contributed by atoms with van der Waals surface area (Å²) in [5.41, 5.74) is 1.96. The number of furan rings is 1. The minimum absolute atomic E-state index is 0.940. The van der Waals surface area contributed by atoms with Crippen molar-refractivity contribution >= 4 is 16.8 Å². The van der Waals surface area contributed by atoms with Gasteiger partial charge in [-0.15, -0.1) is 0 Å². The van der Waals surface area contributed by atoms with Crippen LogP contribution in [0.25, 0.3) is 11.0 Å². The van der Waals surface area contributed by atoms with Crippen molar-refractivity contribution in [2.24, 2.45) is 0 Å². The summed E-state index contributed by atoms with van der Waals surface area (Å²) in [5, 5.41) is 1.13. The summed E-state index contributed by atoms with van der Waals surface area (Å²) in [4.78, 5) is 9.54. The second-order valence-corrected chi connectivity index (χ2v) is 4.84. The fraction of sp³-hybridized carbons (Fsp3) is 0.500. The number of fused-ring (bicyclic) bond motifs is 1. The van der Waals surface area contributed by atoms with Gasteiger partial charge >= 0.3 is 0 Å². The highest BCUT2D eigenvalue weighted by atomic mass is 16.3. The van der Waals surface area contributed by atoms with E-state index in [4.69, 9.17) is 9.40 Å². The Morgan fingerprint density at radius 2 is 2.06 bits per heavy atom. The Morgan fingerprint density at radius 3 is 2.78 bits per heavy atom. The topological polar surface area (TPSA) is 32.5 Å². The number of pyridine rings is 1. The fourth-order valence-electron chi connectivity index (χ4n) is 2.58. The van der Waals surface area contributed by atoms with E-state index in [0.717, 1.165) is 55.2 Å². The first-order valence-electron chi connectivity index (χ1n) is 6.60. The molecule has 4 heteroatoms. The van der Waals surface area contributed by atoms with E-state index in [-0.39, 0.29) is 0 Å². The molecule has 1 aliphatic heterocycles. The zero-order valence-electron chi connectivity index (χ0n) is 11.0. The molecule has 0 bridgehead atoms. The first-order chi connectivity index (χ1) is 8.78. The van der Waals surface area contributed by atoms with Gasteiger partial charge in [0, 0.05) is 37.9 Å². The molecule has 4 nitrogen and oxygen atoms in total. The monoisotopic (exact) mass is 245 g/mol. The quantitative estimate of drug-likeness (QED) is 0.812. The van der Waals surface area contributed by atoms with Gasteiger partial charge in [-0.1, -0.05) is 6.92 Å². The van der Waals surface area contributed by atoms with Crippen molar-refractivity contribution in [2.45, 2.75) is 13.8 Å². The molecule has 0 unspecified atom stereocenters. The number of likely N-dealkylation sites (N-methyl/N-ethyl adjacent to an activating group) is 1. The van der Waals surface area contributed by atoms with Crippen LogP contribution >= 0.6 is 0 Å². The molecular weight excluding hydrogens is 226 g/mol. The summed E-state index contributed by atoms with van der Waals surface area (Å²) in [5.74, 6) is 1.08. The lowest BCUT2D eigenvalue weighted by atomic mass is 10.2. The molecule has 0 N–H and O–H groups in total. The van der Waals surface area contributed by atoms with E-state index in [1.54, 1.807) is 6.26 Å². The van der Waals surface area contributed by atoms with E-state index in [0.29, 0.717) is 0 Å². The predicted molar refractivity (Wildman–Crippen MR) is 73.1 cm³/mol. The third kappa shape index (κ3) is 1.97. The van der Waals surface area contributed by atoms with Crippen LogP contribution < -0.4 is 4.90 Å². The molecule has 96 valence electrons. The third-order valence-corrected chi connectivity index (χ3v) is 3.68. The lowest BCUT2D eigenvalue weighted by Gasteiger charge is -2.35. The van der Waals surface area contributed by atoms with Crippen LogP contribution in [0.1, 0.15) is 12.6 Å². The molecule has 0 aliphatic carbocycles. The first kappa shape index (κ1) is 11.5. The van der Waals surface area contributed by atoms with Crippen LogP contribution in [-0.2, 0) is 0 Å². The molecule has 0 atom stereocenters. The number of anilines is 1. The van der Waals surface area contributed by atoms with Gasteiger partial charge in [-0.3, -0.25) is 0 Å². The Balaban J connectivity index is 1.92. The molecule has 18 heavy (non-hydrogen) atoms. The minimum atomic E-state index is 0.940. The second kappa shape index (κ2) is 4.61. The average Bonchev–Trinajstić information content (AvgIpc) is 2.86. The fourth-order valence-corrected chi connectivity index (χ4v) is 2.58. The summed E-state index contributed by atoms with van der Waals surface area (Å²) < 4.78 is 5.50. The Kier molecular flexibility index (Phi) is 2.96. The number of hydrogen-bond acceptors (Lipinski definition) is 4. The lowest BCUT2D eigenvalue weighted by Crippen LogP contribution is -2.46. The zero-order chi connectivity index (χ0) is 12.5. The van der Waals surface area contributed by atoms with Crippen molar-refractivity contribution in [3.05, 3.63) is 24.1 Å². The maximum absolute atomic E-state index is 5.50. The van der Waals surface area contributed by atoms with E-state index < -0.39 is 0 Å². The second-order valence-electron chi connectivity index (χ2n) is 4.84.